The lowest BCUT2D eigenvalue weighted by atomic mass is 9.81. The second-order valence-corrected chi connectivity index (χ2v) is 7.78. The molecule has 2 aliphatic rings. The van der Waals surface area contributed by atoms with Crippen molar-refractivity contribution in [3.63, 3.8) is 0 Å². The Bertz CT molecular complexity index is 1130. The molecule has 1 unspecified atom stereocenters. The van der Waals surface area contributed by atoms with Crippen molar-refractivity contribution >= 4 is 35.8 Å². The van der Waals surface area contributed by atoms with Gasteiger partial charge >= 0.3 is 0 Å². The molecule has 1 atom stereocenters. The molecule has 0 radical (unpaired) electrons. The summed E-state index contributed by atoms with van der Waals surface area (Å²) in [6.07, 6.45) is 0.979. The van der Waals surface area contributed by atoms with Gasteiger partial charge in [0.15, 0.2) is 11.5 Å². The Morgan fingerprint density at radius 3 is 2.33 bits per heavy atom. The molecule has 4 nitrogen and oxygen atoms in total. The standard InChI is InChI=1S/C24H21ClN4.ClH/c25-21-12-5-8-18(16-21)17-7-4-11-20(15-17)24(19-9-2-1-3-10-19)22-27-13-6-14-29(22)23(26)28-24;/h1-5,7-12,15-16H,6,13-14H2,(H2,26,28);1H. The van der Waals surface area contributed by atoms with Crippen LogP contribution in [0.25, 0.3) is 11.1 Å². The maximum absolute atomic E-state index is 6.39. The Morgan fingerprint density at radius 2 is 1.57 bits per heavy atom. The number of rotatable bonds is 3. The number of guanidine groups is 1. The molecule has 5 rings (SSSR count). The van der Waals surface area contributed by atoms with Crippen LogP contribution in [0, 0.1) is 0 Å². The summed E-state index contributed by atoms with van der Waals surface area (Å²) in [5, 5.41) is 0.719. The van der Waals surface area contributed by atoms with E-state index in [0.717, 1.165) is 52.6 Å². The molecule has 6 heteroatoms. The van der Waals surface area contributed by atoms with Gasteiger partial charge in [-0.15, -0.1) is 12.4 Å². The first kappa shape index (κ1) is 20.5. The van der Waals surface area contributed by atoms with Crippen molar-refractivity contribution < 1.29 is 0 Å². The van der Waals surface area contributed by atoms with E-state index in [-0.39, 0.29) is 12.4 Å². The highest BCUT2D eigenvalue weighted by molar-refractivity contribution is 6.30. The van der Waals surface area contributed by atoms with Gasteiger partial charge in [0.25, 0.3) is 0 Å². The van der Waals surface area contributed by atoms with Gasteiger partial charge in [0.1, 0.15) is 5.84 Å². The summed E-state index contributed by atoms with van der Waals surface area (Å²) in [6, 6.07) is 26.6. The summed E-state index contributed by atoms with van der Waals surface area (Å²) >= 11 is 6.23. The molecule has 0 aliphatic carbocycles. The average Bonchev–Trinajstić information content (AvgIpc) is 3.08. The number of fused-ring (bicyclic) bond motifs is 1. The maximum Gasteiger partial charge on any atom is 0.198 e. The molecule has 152 valence electrons. The first-order chi connectivity index (χ1) is 14.2. The topological polar surface area (TPSA) is 54.0 Å². The lowest BCUT2D eigenvalue weighted by molar-refractivity contribution is 0.531. The minimum Gasteiger partial charge on any atom is -0.369 e. The van der Waals surface area contributed by atoms with E-state index < -0.39 is 5.54 Å². The van der Waals surface area contributed by atoms with Crippen LogP contribution in [0.2, 0.25) is 5.02 Å². The summed E-state index contributed by atoms with van der Waals surface area (Å²) in [5.41, 5.74) is 9.92. The van der Waals surface area contributed by atoms with Gasteiger partial charge in [-0.3, -0.25) is 9.89 Å². The molecule has 0 bridgehead atoms. The van der Waals surface area contributed by atoms with E-state index in [0.29, 0.717) is 5.96 Å². The van der Waals surface area contributed by atoms with E-state index in [4.69, 9.17) is 27.3 Å². The Labute approximate surface area is 187 Å². The fraction of sp³-hybridized carbons (Fsp3) is 0.167. The fourth-order valence-electron chi connectivity index (χ4n) is 4.25. The van der Waals surface area contributed by atoms with Crippen molar-refractivity contribution in [1.29, 1.82) is 0 Å². The summed E-state index contributed by atoms with van der Waals surface area (Å²) in [6.45, 7) is 1.63. The number of benzene rings is 3. The molecule has 2 N–H and O–H groups in total. The number of amidine groups is 1. The number of nitrogens with two attached hydrogens (primary N) is 1. The van der Waals surface area contributed by atoms with Crippen molar-refractivity contribution in [3.8, 4) is 11.1 Å². The van der Waals surface area contributed by atoms with Crippen LogP contribution in [-0.4, -0.2) is 29.8 Å². The van der Waals surface area contributed by atoms with Crippen LogP contribution in [0.1, 0.15) is 17.5 Å². The third-order valence-electron chi connectivity index (χ3n) is 5.57. The summed E-state index contributed by atoms with van der Waals surface area (Å²) in [7, 11) is 0. The first-order valence-electron chi connectivity index (χ1n) is 9.78. The van der Waals surface area contributed by atoms with Gasteiger partial charge in [-0.05, 0) is 46.9 Å². The summed E-state index contributed by atoms with van der Waals surface area (Å²) in [5.74, 6) is 1.44. The molecule has 30 heavy (non-hydrogen) atoms. The van der Waals surface area contributed by atoms with Crippen LogP contribution in [0.4, 0.5) is 0 Å². The van der Waals surface area contributed by atoms with Crippen LogP contribution >= 0.6 is 24.0 Å². The Kier molecular flexibility index (Phi) is 5.54. The van der Waals surface area contributed by atoms with E-state index in [9.17, 15) is 0 Å². The Balaban J connectivity index is 0.00000218. The third kappa shape index (κ3) is 3.26. The van der Waals surface area contributed by atoms with E-state index in [1.165, 1.54) is 0 Å². The van der Waals surface area contributed by atoms with E-state index in [2.05, 4.69) is 47.4 Å². The molecule has 3 aromatic carbocycles. The smallest absolute Gasteiger partial charge is 0.198 e. The van der Waals surface area contributed by atoms with Gasteiger partial charge in [-0.25, -0.2) is 4.99 Å². The molecule has 0 amide bonds. The lowest BCUT2D eigenvalue weighted by Crippen LogP contribution is -2.46. The highest BCUT2D eigenvalue weighted by Gasteiger charge is 2.49. The molecule has 0 aromatic heterocycles. The third-order valence-corrected chi connectivity index (χ3v) is 5.80. The summed E-state index contributed by atoms with van der Waals surface area (Å²) < 4.78 is 0. The monoisotopic (exact) mass is 436 g/mol. The first-order valence-corrected chi connectivity index (χ1v) is 10.2. The second kappa shape index (κ2) is 8.13. The predicted octanol–water partition coefficient (Wildman–Crippen LogP) is 5.10. The van der Waals surface area contributed by atoms with Crippen molar-refractivity contribution in [2.75, 3.05) is 13.1 Å². The van der Waals surface area contributed by atoms with Crippen molar-refractivity contribution in [3.05, 3.63) is 95.0 Å². The largest absolute Gasteiger partial charge is 0.369 e. The van der Waals surface area contributed by atoms with Gasteiger partial charge in [0.05, 0.1) is 0 Å². The van der Waals surface area contributed by atoms with Crippen LogP contribution in [0.5, 0.6) is 0 Å². The fourth-order valence-corrected chi connectivity index (χ4v) is 4.44. The minimum atomic E-state index is -0.736. The van der Waals surface area contributed by atoms with Gasteiger partial charge in [0.2, 0.25) is 0 Å². The molecular weight excluding hydrogens is 415 g/mol. The highest BCUT2D eigenvalue weighted by atomic mass is 35.5. The minimum absolute atomic E-state index is 0. The van der Waals surface area contributed by atoms with Crippen molar-refractivity contribution in [2.45, 2.75) is 12.0 Å². The van der Waals surface area contributed by atoms with Gasteiger partial charge in [0, 0.05) is 18.1 Å². The SMILES string of the molecule is Cl.NC1=NC(c2ccccc2)(c2cccc(-c3cccc(Cl)c3)c2)C2=NCCCN12. The molecule has 0 saturated carbocycles. The van der Waals surface area contributed by atoms with E-state index >= 15 is 0 Å². The van der Waals surface area contributed by atoms with Gasteiger partial charge < -0.3 is 5.73 Å². The predicted molar refractivity (Wildman–Crippen MR) is 127 cm³/mol. The molecule has 2 heterocycles. The van der Waals surface area contributed by atoms with Crippen molar-refractivity contribution in [2.24, 2.45) is 15.7 Å². The Hall–Kier alpha value is -2.82. The average molecular weight is 437 g/mol. The molecular formula is C24H22Cl2N4. The van der Waals surface area contributed by atoms with Crippen LogP contribution < -0.4 is 5.73 Å². The lowest BCUT2D eigenvalue weighted by Gasteiger charge is -2.33. The number of hydrogen-bond donors (Lipinski definition) is 1. The molecule has 2 aliphatic heterocycles. The van der Waals surface area contributed by atoms with E-state index in [1.807, 2.05) is 36.4 Å². The number of hydrogen-bond acceptors (Lipinski definition) is 4. The zero-order chi connectivity index (χ0) is 19.8. The maximum atomic E-state index is 6.39. The highest BCUT2D eigenvalue weighted by Crippen LogP contribution is 2.42. The zero-order valence-corrected chi connectivity index (χ0v) is 17.9. The van der Waals surface area contributed by atoms with Gasteiger partial charge in [-0.1, -0.05) is 72.3 Å². The molecule has 0 saturated heterocycles. The van der Waals surface area contributed by atoms with E-state index in [1.54, 1.807) is 0 Å². The van der Waals surface area contributed by atoms with Crippen LogP contribution in [-0.2, 0) is 5.54 Å². The zero-order valence-electron chi connectivity index (χ0n) is 16.3. The number of halogens is 2. The Morgan fingerprint density at radius 1 is 0.867 bits per heavy atom. The number of aliphatic imine (C=N–C) groups is 2. The molecule has 0 spiro atoms. The van der Waals surface area contributed by atoms with Crippen LogP contribution in [0.3, 0.4) is 0 Å². The second-order valence-electron chi connectivity index (χ2n) is 7.35. The molecule has 3 aromatic rings. The van der Waals surface area contributed by atoms with Gasteiger partial charge in [-0.2, -0.15) is 0 Å². The summed E-state index contributed by atoms with van der Waals surface area (Å²) in [4.78, 5) is 12.0. The van der Waals surface area contributed by atoms with Crippen molar-refractivity contribution in [1.82, 2.24) is 4.90 Å². The normalized spacial score (nSPS) is 20.1. The quantitative estimate of drug-likeness (QED) is 0.620. The molecule has 0 fully saturated rings. The van der Waals surface area contributed by atoms with Crippen LogP contribution in [0.15, 0.2) is 88.8 Å². The number of nitrogens with zero attached hydrogens (tertiary/aromatic N) is 3.